The van der Waals surface area contributed by atoms with Crippen molar-refractivity contribution in [1.29, 1.82) is 0 Å². The molecule has 0 aliphatic carbocycles. The molecule has 15 heteroatoms. The second-order valence-electron chi connectivity index (χ2n) is 8.51. The van der Waals surface area contributed by atoms with E-state index >= 15 is 0 Å². The highest BCUT2D eigenvalue weighted by molar-refractivity contribution is 7.11. The standard InChI is InChI=1S/C19H23N3OS.2C2HF3O2/c1-13-4-3-5-15(20-13)11-22-17-8-9-21(18(17)10-19(22)23)12-16-7-6-14(2)24-16;2*3-2(4,5)1(6)7/h3-7,17-18H,8-12H2,1-2H3;2*(H,6,7)/t17-,18-;;/m0../s1. The Hall–Kier alpha value is -3.20. The van der Waals surface area contributed by atoms with Gasteiger partial charge in [-0.15, -0.1) is 11.3 Å². The second-order valence-corrected chi connectivity index (χ2v) is 9.88. The van der Waals surface area contributed by atoms with Crippen LogP contribution in [0.5, 0.6) is 0 Å². The number of amides is 1. The molecule has 0 aromatic carbocycles. The highest BCUT2D eigenvalue weighted by Crippen LogP contribution is 2.35. The van der Waals surface area contributed by atoms with Gasteiger partial charge in [-0.3, -0.25) is 14.7 Å². The first-order valence-corrected chi connectivity index (χ1v) is 11.9. The molecule has 2 N–H and O–H groups in total. The van der Waals surface area contributed by atoms with Crippen LogP contribution in [0.4, 0.5) is 26.3 Å². The molecular weight excluding hydrogens is 544 g/mol. The molecule has 4 heterocycles. The SMILES string of the molecule is Cc1cccc(CN2C(=O)C[C@H]3[C@@H]2CCN3Cc2ccc(C)s2)n1.O=C(O)C(F)(F)F.O=C(O)C(F)(F)F. The van der Waals surface area contributed by atoms with Crippen molar-refractivity contribution in [3.63, 3.8) is 0 Å². The minimum absolute atomic E-state index is 0.278. The highest BCUT2D eigenvalue weighted by atomic mass is 32.1. The van der Waals surface area contributed by atoms with Crippen molar-refractivity contribution in [3.8, 4) is 0 Å². The number of alkyl halides is 6. The van der Waals surface area contributed by atoms with Crippen molar-refractivity contribution >= 4 is 29.2 Å². The Morgan fingerprint density at radius 2 is 1.55 bits per heavy atom. The van der Waals surface area contributed by atoms with Crippen LogP contribution in [0.15, 0.2) is 30.3 Å². The third kappa shape index (κ3) is 8.97. The van der Waals surface area contributed by atoms with E-state index in [1.165, 1.54) is 9.75 Å². The molecule has 2 saturated heterocycles. The first-order chi connectivity index (χ1) is 17.5. The molecule has 2 fully saturated rings. The van der Waals surface area contributed by atoms with Crippen LogP contribution in [0.1, 0.15) is 34.0 Å². The monoisotopic (exact) mass is 569 g/mol. The number of fused-ring (bicyclic) bond motifs is 1. The van der Waals surface area contributed by atoms with Crippen LogP contribution in [-0.2, 0) is 27.5 Å². The molecule has 2 aromatic rings. The topological polar surface area (TPSA) is 111 Å². The number of carboxylic acid groups (broad SMARTS) is 2. The molecule has 2 aromatic heterocycles. The summed E-state index contributed by atoms with van der Waals surface area (Å²) in [5.74, 6) is -5.24. The molecule has 8 nitrogen and oxygen atoms in total. The van der Waals surface area contributed by atoms with Crippen molar-refractivity contribution in [1.82, 2.24) is 14.8 Å². The maximum atomic E-state index is 12.6. The van der Waals surface area contributed by atoms with Gasteiger partial charge in [-0.05, 0) is 44.5 Å². The number of aliphatic carboxylic acids is 2. The van der Waals surface area contributed by atoms with E-state index in [1.54, 1.807) is 0 Å². The Kier molecular flexibility index (Phi) is 10.3. The quantitative estimate of drug-likeness (QED) is 0.525. The molecule has 0 radical (unpaired) electrons. The molecule has 38 heavy (non-hydrogen) atoms. The van der Waals surface area contributed by atoms with Crippen molar-refractivity contribution in [2.75, 3.05) is 6.54 Å². The minimum atomic E-state index is -5.08. The van der Waals surface area contributed by atoms with Crippen LogP contribution < -0.4 is 0 Å². The molecule has 0 spiro atoms. The molecule has 2 aliphatic heterocycles. The number of rotatable bonds is 4. The largest absolute Gasteiger partial charge is 0.490 e. The van der Waals surface area contributed by atoms with Gasteiger partial charge >= 0.3 is 24.3 Å². The fourth-order valence-electron chi connectivity index (χ4n) is 4.04. The summed E-state index contributed by atoms with van der Waals surface area (Å²) in [6.07, 6.45) is -8.44. The van der Waals surface area contributed by atoms with E-state index < -0.39 is 24.3 Å². The number of carbonyl (C=O) groups excluding carboxylic acids is 1. The Morgan fingerprint density at radius 1 is 0.974 bits per heavy atom. The molecule has 1 amide bonds. The Morgan fingerprint density at radius 3 is 2.03 bits per heavy atom. The fraction of sp³-hybridized carbons (Fsp3) is 0.478. The normalized spacial score (nSPS) is 19.3. The van der Waals surface area contributed by atoms with Gasteiger partial charge in [-0.2, -0.15) is 26.3 Å². The lowest BCUT2D eigenvalue weighted by atomic mass is 10.1. The van der Waals surface area contributed by atoms with E-state index in [2.05, 4.69) is 33.8 Å². The van der Waals surface area contributed by atoms with E-state index in [0.717, 1.165) is 30.9 Å². The summed E-state index contributed by atoms with van der Waals surface area (Å²) in [6.45, 7) is 6.85. The van der Waals surface area contributed by atoms with Gasteiger partial charge in [0.15, 0.2) is 0 Å². The van der Waals surface area contributed by atoms with Gasteiger partial charge in [0, 0.05) is 47.0 Å². The number of carboxylic acids is 2. The smallest absolute Gasteiger partial charge is 0.475 e. The Labute approximate surface area is 217 Å². The van der Waals surface area contributed by atoms with Crippen molar-refractivity contribution < 1.29 is 50.9 Å². The minimum Gasteiger partial charge on any atom is -0.475 e. The van der Waals surface area contributed by atoms with Crippen LogP contribution in [0.2, 0.25) is 0 Å². The van der Waals surface area contributed by atoms with Crippen LogP contribution in [0, 0.1) is 13.8 Å². The number of thiophene rings is 1. The number of likely N-dealkylation sites (tertiary alicyclic amines) is 2. The maximum Gasteiger partial charge on any atom is 0.490 e. The average molecular weight is 570 g/mol. The molecule has 4 rings (SSSR count). The summed E-state index contributed by atoms with van der Waals surface area (Å²) in [5.41, 5.74) is 2.01. The zero-order valence-corrected chi connectivity index (χ0v) is 21.0. The highest BCUT2D eigenvalue weighted by Gasteiger charge is 2.46. The summed E-state index contributed by atoms with van der Waals surface area (Å²) in [5, 5.41) is 14.2. The molecule has 210 valence electrons. The fourth-order valence-corrected chi connectivity index (χ4v) is 4.96. The predicted molar refractivity (Wildman–Crippen MR) is 123 cm³/mol. The van der Waals surface area contributed by atoms with Crippen molar-refractivity contribution in [2.45, 2.75) is 64.2 Å². The Bertz CT molecular complexity index is 1110. The van der Waals surface area contributed by atoms with E-state index in [4.69, 9.17) is 19.8 Å². The van der Waals surface area contributed by atoms with Gasteiger partial charge in [-0.25, -0.2) is 9.59 Å². The van der Waals surface area contributed by atoms with Crippen molar-refractivity contribution in [2.24, 2.45) is 0 Å². The lowest BCUT2D eigenvalue weighted by Gasteiger charge is -2.25. The first kappa shape index (κ1) is 31.0. The zero-order chi connectivity index (χ0) is 28.8. The number of halogens is 6. The molecular formula is C23H25F6N3O5S. The molecule has 2 atom stereocenters. The molecule has 2 aliphatic rings. The number of hydrogen-bond donors (Lipinski definition) is 2. The summed E-state index contributed by atoms with van der Waals surface area (Å²) >= 11 is 1.86. The summed E-state index contributed by atoms with van der Waals surface area (Å²) in [7, 11) is 0. The molecule has 0 unspecified atom stereocenters. The van der Waals surface area contributed by atoms with Crippen LogP contribution >= 0.6 is 11.3 Å². The van der Waals surface area contributed by atoms with Gasteiger partial charge in [-0.1, -0.05) is 6.07 Å². The van der Waals surface area contributed by atoms with Gasteiger partial charge in [0.05, 0.1) is 12.2 Å². The van der Waals surface area contributed by atoms with Crippen LogP contribution in [0.3, 0.4) is 0 Å². The van der Waals surface area contributed by atoms with E-state index in [-0.39, 0.29) is 5.91 Å². The number of nitrogens with zero attached hydrogens (tertiary/aromatic N) is 3. The maximum absolute atomic E-state index is 12.6. The van der Waals surface area contributed by atoms with Crippen LogP contribution in [-0.4, -0.2) is 73.8 Å². The van der Waals surface area contributed by atoms with Gasteiger partial charge in [0.25, 0.3) is 0 Å². The lowest BCUT2D eigenvalue weighted by molar-refractivity contribution is -0.193. The average Bonchev–Trinajstić information content (AvgIpc) is 3.45. The zero-order valence-electron chi connectivity index (χ0n) is 20.2. The van der Waals surface area contributed by atoms with Crippen molar-refractivity contribution in [3.05, 3.63) is 51.5 Å². The summed E-state index contributed by atoms with van der Waals surface area (Å²) in [6, 6.07) is 11.2. The number of carbonyl (C=O) groups is 3. The third-order valence-electron chi connectivity index (χ3n) is 5.65. The van der Waals surface area contributed by atoms with Gasteiger partial charge < -0.3 is 15.1 Å². The lowest BCUT2D eigenvalue weighted by Crippen LogP contribution is -2.36. The number of pyridine rings is 1. The number of hydrogen-bond acceptors (Lipinski definition) is 6. The first-order valence-electron chi connectivity index (χ1n) is 11.1. The third-order valence-corrected chi connectivity index (χ3v) is 6.63. The second kappa shape index (κ2) is 12.6. The van der Waals surface area contributed by atoms with Gasteiger partial charge in [0.1, 0.15) is 0 Å². The summed E-state index contributed by atoms with van der Waals surface area (Å²) in [4.78, 5) is 42.2. The number of aromatic nitrogens is 1. The molecule has 0 bridgehead atoms. The summed E-state index contributed by atoms with van der Waals surface area (Å²) < 4.78 is 63.5. The van der Waals surface area contributed by atoms with E-state index in [9.17, 15) is 31.1 Å². The van der Waals surface area contributed by atoms with Crippen LogP contribution in [0.25, 0.3) is 0 Å². The van der Waals surface area contributed by atoms with Gasteiger partial charge in [0.2, 0.25) is 5.91 Å². The Balaban J connectivity index is 0.000000301. The molecule has 0 saturated carbocycles. The van der Waals surface area contributed by atoms with E-state index in [0.29, 0.717) is 25.0 Å². The predicted octanol–water partition coefficient (Wildman–Crippen LogP) is 4.40. The number of aryl methyl sites for hydroxylation is 2. The van der Waals surface area contributed by atoms with E-state index in [1.807, 2.05) is 36.5 Å².